The molecule has 138 valence electrons. The van der Waals surface area contributed by atoms with Crippen LogP contribution >= 0.6 is 0 Å². The molecule has 1 N–H and O–H groups in total. The lowest BCUT2D eigenvalue weighted by Gasteiger charge is -2.28. The molecule has 0 bridgehead atoms. The zero-order chi connectivity index (χ0) is 18.9. The van der Waals surface area contributed by atoms with Crippen molar-refractivity contribution in [3.8, 4) is 0 Å². The molecule has 0 atom stereocenters. The molecule has 1 aliphatic heterocycles. The molecule has 0 unspecified atom stereocenters. The smallest absolute Gasteiger partial charge is 0.409 e. The first kappa shape index (κ1) is 18.3. The minimum absolute atomic E-state index is 0.261. The first-order chi connectivity index (χ1) is 12.3. The number of hydrogen-bond acceptors (Lipinski definition) is 4. The van der Waals surface area contributed by atoms with Crippen molar-refractivity contribution in [2.45, 2.75) is 31.7 Å². The van der Waals surface area contributed by atoms with Gasteiger partial charge in [0.15, 0.2) is 0 Å². The third-order valence-electron chi connectivity index (χ3n) is 4.52. The molecule has 0 aliphatic carbocycles. The quantitative estimate of drug-likeness (QED) is 0.895. The largest absolute Gasteiger partial charge is 0.453 e. The maximum atomic E-state index is 12.7. The molecule has 2 aromatic carbocycles. The predicted octanol–water partition coefficient (Wildman–Crippen LogP) is 3.23. The van der Waals surface area contributed by atoms with Crippen molar-refractivity contribution in [3.05, 3.63) is 58.7 Å². The van der Waals surface area contributed by atoms with Gasteiger partial charge in [-0.05, 0) is 55.2 Å². The molecule has 0 spiro atoms. The van der Waals surface area contributed by atoms with Gasteiger partial charge in [-0.1, -0.05) is 23.8 Å². The summed E-state index contributed by atoms with van der Waals surface area (Å²) in [7, 11) is -2.32. The molecular formula is C19H22N2O4S. The van der Waals surface area contributed by atoms with E-state index in [1.165, 1.54) is 7.11 Å². The van der Waals surface area contributed by atoms with Crippen molar-refractivity contribution in [1.29, 1.82) is 0 Å². The number of benzene rings is 2. The molecular weight excluding hydrogens is 352 g/mol. The average molecular weight is 374 g/mol. The maximum absolute atomic E-state index is 12.7. The fraction of sp³-hybridized carbons (Fsp3) is 0.316. The second kappa shape index (κ2) is 6.99. The van der Waals surface area contributed by atoms with Gasteiger partial charge < -0.3 is 9.64 Å². The van der Waals surface area contributed by atoms with Gasteiger partial charge in [-0.2, -0.15) is 0 Å². The van der Waals surface area contributed by atoms with E-state index in [0.29, 0.717) is 30.8 Å². The Labute approximate surface area is 153 Å². The first-order valence-corrected chi connectivity index (χ1v) is 9.83. The van der Waals surface area contributed by atoms with E-state index in [-0.39, 0.29) is 11.0 Å². The molecule has 1 amide bonds. The van der Waals surface area contributed by atoms with Crippen LogP contribution in [-0.2, 0) is 27.7 Å². The second-order valence-corrected chi connectivity index (χ2v) is 8.15. The summed E-state index contributed by atoms with van der Waals surface area (Å²) in [5.74, 6) is 0. The molecule has 1 heterocycles. The van der Waals surface area contributed by atoms with E-state index in [1.807, 2.05) is 19.1 Å². The minimum Gasteiger partial charge on any atom is -0.453 e. The highest BCUT2D eigenvalue weighted by Crippen LogP contribution is 2.25. The summed E-state index contributed by atoms with van der Waals surface area (Å²) in [6, 6.07) is 10.7. The first-order valence-electron chi connectivity index (χ1n) is 8.35. The van der Waals surface area contributed by atoms with Gasteiger partial charge in [-0.25, -0.2) is 13.2 Å². The van der Waals surface area contributed by atoms with E-state index in [2.05, 4.69) is 4.72 Å². The highest BCUT2D eigenvalue weighted by Gasteiger charge is 2.22. The Bertz CT molecular complexity index is 954. The predicted molar refractivity (Wildman–Crippen MR) is 99.7 cm³/mol. The van der Waals surface area contributed by atoms with E-state index in [9.17, 15) is 13.2 Å². The zero-order valence-corrected chi connectivity index (χ0v) is 15.9. The Balaban J connectivity index is 1.86. The van der Waals surface area contributed by atoms with Crippen molar-refractivity contribution in [3.63, 3.8) is 0 Å². The summed E-state index contributed by atoms with van der Waals surface area (Å²) in [5, 5.41) is 0. The van der Waals surface area contributed by atoms with Crippen LogP contribution in [0.5, 0.6) is 0 Å². The van der Waals surface area contributed by atoms with Gasteiger partial charge >= 0.3 is 6.09 Å². The minimum atomic E-state index is -3.68. The van der Waals surface area contributed by atoms with Crippen LogP contribution in [0.15, 0.2) is 41.3 Å². The van der Waals surface area contributed by atoms with Crippen molar-refractivity contribution >= 4 is 21.8 Å². The maximum Gasteiger partial charge on any atom is 0.409 e. The molecule has 0 fully saturated rings. The number of ether oxygens (including phenoxy) is 1. The van der Waals surface area contributed by atoms with Gasteiger partial charge in [0.1, 0.15) is 0 Å². The van der Waals surface area contributed by atoms with Crippen LogP contribution in [0.25, 0.3) is 0 Å². The lowest BCUT2D eigenvalue weighted by atomic mass is 9.99. The Hall–Kier alpha value is -2.54. The van der Waals surface area contributed by atoms with Gasteiger partial charge in [0.2, 0.25) is 0 Å². The van der Waals surface area contributed by atoms with Crippen LogP contribution in [-0.4, -0.2) is 33.1 Å². The molecule has 26 heavy (non-hydrogen) atoms. The van der Waals surface area contributed by atoms with E-state index in [0.717, 1.165) is 16.7 Å². The van der Waals surface area contributed by atoms with Crippen LogP contribution in [0.3, 0.4) is 0 Å². The number of aryl methyl sites for hydroxylation is 2. The fourth-order valence-electron chi connectivity index (χ4n) is 3.22. The highest BCUT2D eigenvalue weighted by atomic mass is 32.2. The standard InChI is InChI=1S/C19H22N2O4S/c1-13-4-7-18(14(2)10-13)26(23,24)20-17-6-5-15-8-9-21(19(22)25-3)12-16(15)11-17/h4-7,10-11,20H,8-9,12H2,1-3H3. The normalized spacial score (nSPS) is 13.9. The Morgan fingerprint density at radius 1 is 1.12 bits per heavy atom. The second-order valence-electron chi connectivity index (χ2n) is 6.50. The number of anilines is 1. The van der Waals surface area contributed by atoms with Crippen LogP contribution in [0, 0.1) is 13.8 Å². The highest BCUT2D eigenvalue weighted by molar-refractivity contribution is 7.92. The molecule has 7 heteroatoms. The van der Waals surface area contributed by atoms with Gasteiger partial charge in [0.05, 0.1) is 12.0 Å². The number of nitrogens with zero attached hydrogens (tertiary/aromatic N) is 1. The monoisotopic (exact) mass is 374 g/mol. The van der Waals surface area contributed by atoms with Crippen LogP contribution in [0.2, 0.25) is 0 Å². The topological polar surface area (TPSA) is 75.7 Å². The summed E-state index contributed by atoms with van der Waals surface area (Å²) in [6.45, 7) is 4.70. The van der Waals surface area contributed by atoms with Crippen molar-refractivity contribution < 1.29 is 17.9 Å². The lowest BCUT2D eigenvalue weighted by molar-refractivity contribution is 0.118. The zero-order valence-electron chi connectivity index (χ0n) is 15.1. The molecule has 0 saturated heterocycles. The molecule has 1 aliphatic rings. The Kier molecular flexibility index (Phi) is 4.91. The lowest BCUT2D eigenvalue weighted by Crippen LogP contribution is -2.35. The summed E-state index contributed by atoms with van der Waals surface area (Å²) in [4.78, 5) is 13.6. The number of amides is 1. The number of carbonyl (C=O) groups is 1. The van der Waals surface area contributed by atoms with Crippen LogP contribution in [0.1, 0.15) is 22.3 Å². The van der Waals surface area contributed by atoms with Crippen molar-refractivity contribution in [2.24, 2.45) is 0 Å². The van der Waals surface area contributed by atoms with Gasteiger partial charge in [-0.3, -0.25) is 4.72 Å². The summed E-state index contributed by atoms with van der Waals surface area (Å²) < 4.78 is 32.9. The number of fused-ring (bicyclic) bond motifs is 1. The van der Waals surface area contributed by atoms with E-state index >= 15 is 0 Å². The Morgan fingerprint density at radius 2 is 1.88 bits per heavy atom. The Morgan fingerprint density at radius 3 is 2.58 bits per heavy atom. The third-order valence-corrected chi connectivity index (χ3v) is 6.07. The number of sulfonamides is 1. The number of rotatable bonds is 3. The van der Waals surface area contributed by atoms with Crippen molar-refractivity contribution in [2.75, 3.05) is 18.4 Å². The van der Waals surface area contributed by atoms with E-state index in [4.69, 9.17) is 4.74 Å². The summed E-state index contributed by atoms with van der Waals surface area (Å²) in [6.07, 6.45) is 0.339. The average Bonchev–Trinajstić information content (AvgIpc) is 2.59. The SMILES string of the molecule is COC(=O)N1CCc2ccc(NS(=O)(=O)c3ccc(C)cc3C)cc2C1. The number of nitrogens with one attached hydrogen (secondary N) is 1. The summed E-state index contributed by atoms with van der Waals surface area (Å²) >= 11 is 0. The van der Waals surface area contributed by atoms with Gasteiger partial charge in [-0.15, -0.1) is 0 Å². The van der Waals surface area contributed by atoms with E-state index in [1.54, 1.807) is 36.1 Å². The molecule has 2 aromatic rings. The molecule has 0 radical (unpaired) electrons. The number of hydrogen-bond donors (Lipinski definition) is 1. The fourth-order valence-corrected chi connectivity index (χ4v) is 4.49. The summed E-state index contributed by atoms with van der Waals surface area (Å²) in [5.41, 5.74) is 4.22. The molecule has 0 saturated carbocycles. The van der Waals surface area contributed by atoms with Crippen molar-refractivity contribution in [1.82, 2.24) is 4.90 Å². The van der Waals surface area contributed by atoms with Crippen LogP contribution in [0.4, 0.5) is 10.5 Å². The van der Waals surface area contributed by atoms with Crippen LogP contribution < -0.4 is 4.72 Å². The van der Waals surface area contributed by atoms with Gasteiger partial charge in [0.25, 0.3) is 10.0 Å². The molecule has 3 rings (SSSR count). The third kappa shape index (κ3) is 3.67. The number of carbonyl (C=O) groups excluding carboxylic acids is 1. The van der Waals surface area contributed by atoms with Gasteiger partial charge in [0, 0.05) is 18.8 Å². The molecule has 6 nitrogen and oxygen atoms in total. The molecule has 0 aromatic heterocycles. The number of methoxy groups -OCH3 is 1. The van der Waals surface area contributed by atoms with E-state index < -0.39 is 10.0 Å².